The molecule has 0 aliphatic carbocycles. The van der Waals surface area contributed by atoms with Gasteiger partial charge in [-0.3, -0.25) is 71.9 Å². The number of phenolic OH excluding ortho intramolecular Hbond substituents is 1. The monoisotopic (exact) mass is 1410 g/mol. The Morgan fingerprint density at radius 1 is 0.470 bits per heavy atom. The number of hydrogen-bond acceptors (Lipinski definition) is 18. The van der Waals surface area contributed by atoms with Gasteiger partial charge in [-0.2, -0.15) is 0 Å². The fourth-order valence-corrected chi connectivity index (χ4v) is 10.4. The molecule has 0 saturated carbocycles. The van der Waals surface area contributed by atoms with Crippen molar-refractivity contribution in [3.8, 4) is 5.75 Å². The van der Waals surface area contributed by atoms with E-state index in [1.54, 1.807) is 76.2 Å². The molecule has 1 heterocycles. The van der Waals surface area contributed by atoms with Crippen LogP contribution in [0.15, 0.2) is 24.3 Å². The van der Waals surface area contributed by atoms with Crippen molar-refractivity contribution < 1.29 is 82.1 Å². The highest BCUT2D eigenvalue weighted by molar-refractivity contribution is 6.00. The third-order valence-electron chi connectivity index (χ3n) is 17.3. The molecule has 0 aromatic heterocycles. The number of carbonyl (C=O) groups excluding carboxylic acids is 14. The number of carbonyl (C=O) groups is 15. The van der Waals surface area contributed by atoms with Crippen LogP contribution in [0.4, 0.5) is 0 Å². The van der Waals surface area contributed by atoms with Gasteiger partial charge in [0.05, 0.1) is 25.7 Å². The first-order valence-electron chi connectivity index (χ1n) is 34.4. The summed E-state index contributed by atoms with van der Waals surface area (Å²) >= 11 is 0. The van der Waals surface area contributed by atoms with Crippen molar-refractivity contribution in [2.24, 2.45) is 47.0 Å². The molecule has 1 aromatic carbocycles. The van der Waals surface area contributed by atoms with E-state index < -0.39 is 204 Å². The van der Waals surface area contributed by atoms with Crippen LogP contribution in [0.5, 0.6) is 5.75 Å². The van der Waals surface area contributed by atoms with Crippen molar-refractivity contribution >= 4 is 88.7 Å². The van der Waals surface area contributed by atoms with E-state index in [2.05, 4.69) is 69.1 Å². The Morgan fingerprint density at radius 3 is 1.42 bits per heavy atom. The zero-order valence-electron chi connectivity index (χ0n) is 60.5. The summed E-state index contributed by atoms with van der Waals surface area (Å²) in [6, 6.07) is -8.48. The van der Waals surface area contributed by atoms with E-state index in [0.29, 0.717) is 37.7 Å². The number of aliphatic carboxylic acids is 1. The zero-order valence-corrected chi connectivity index (χ0v) is 60.5. The van der Waals surface area contributed by atoms with Crippen molar-refractivity contribution in [1.29, 1.82) is 0 Å². The third kappa shape index (κ3) is 28.7. The highest BCUT2D eigenvalue weighted by atomic mass is 16.4. The van der Waals surface area contributed by atoms with Gasteiger partial charge in [-0.05, 0) is 113 Å². The maximum absolute atomic E-state index is 14.6. The average Bonchev–Trinajstić information content (AvgIpc) is 1.62. The van der Waals surface area contributed by atoms with Crippen LogP contribution in [-0.4, -0.2) is 209 Å². The number of rotatable bonds is 42. The Morgan fingerprint density at radius 2 is 0.910 bits per heavy atom. The van der Waals surface area contributed by atoms with Gasteiger partial charge in [-0.15, -0.1) is 0 Å². The number of nitrogens with two attached hydrogens (primary N) is 2. The highest BCUT2D eigenvalue weighted by Crippen LogP contribution is 2.22. The lowest BCUT2D eigenvalue weighted by Crippen LogP contribution is -2.61. The van der Waals surface area contributed by atoms with Crippen LogP contribution < -0.4 is 80.6 Å². The Kier molecular flexibility index (Phi) is 37.3. The minimum atomic E-state index is -1.38. The molecule has 14 amide bonds. The third-order valence-corrected chi connectivity index (χ3v) is 17.3. The summed E-state index contributed by atoms with van der Waals surface area (Å²) in [5, 5.41) is 52.3. The van der Waals surface area contributed by atoms with E-state index in [9.17, 15) is 77.0 Å². The van der Waals surface area contributed by atoms with Crippen LogP contribution in [0.25, 0.3) is 0 Å². The van der Waals surface area contributed by atoms with Crippen molar-refractivity contribution in [2.75, 3.05) is 32.7 Å². The summed E-state index contributed by atoms with van der Waals surface area (Å²) in [6.07, 6.45) is 2.25. The molecule has 14 atom stereocenters. The summed E-state index contributed by atoms with van der Waals surface area (Å²) in [6.45, 7) is 22.7. The Labute approximate surface area is 585 Å². The zero-order chi connectivity index (χ0) is 76.0. The van der Waals surface area contributed by atoms with E-state index in [-0.39, 0.29) is 49.9 Å². The summed E-state index contributed by atoms with van der Waals surface area (Å²) in [4.78, 5) is 203. The Bertz CT molecular complexity index is 2990. The number of aromatic hydroxyl groups is 1. The molecule has 562 valence electrons. The first kappa shape index (κ1) is 87.1. The number of hydrogen-bond donors (Lipinski definition) is 17. The molecule has 100 heavy (non-hydrogen) atoms. The first-order chi connectivity index (χ1) is 46.8. The molecule has 2 rings (SSSR count). The molecule has 1 aliphatic heterocycles. The Balaban J connectivity index is 2.23. The lowest BCUT2D eigenvalue weighted by Gasteiger charge is -2.31. The molecule has 0 spiro atoms. The molecule has 1 aromatic rings. The number of carboxylic acids is 1. The highest BCUT2D eigenvalue weighted by Gasteiger charge is 2.41. The topological polar surface area (TPSA) is 508 Å². The normalized spacial score (nSPS) is 16.7. The number of unbranched alkanes of at least 4 members (excludes halogenated alkanes) is 1. The molecule has 0 radical (unpaired) electrons. The smallest absolute Gasteiger partial charge is 0.325 e. The molecule has 1 fully saturated rings. The van der Waals surface area contributed by atoms with Crippen LogP contribution in [0.2, 0.25) is 0 Å². The van der Waals surface area contributed by atoms with Crippen molar-refractivity contribution in [1.82, 2.24) is 74.0 Å². The summed E-state index contributed by atoms with van der Waals surface area (Å²) < 4.78 is 0. The predicted octanol–water partition coefficient (Wildman–Crippen LogP) is -2.56. The van der Waals surface area contributed by atoms with Crippen molar-refractivity contribution in [3.63, 3.8) is 0 Å². The van der Waals surface area contributed by atoms with Gasteiger partial charge < -0.3 is 95.7 Å². The number of nitrogens with zero attached hydrogens (tertiary/aromatic N) is 1. The fraction of sp³-hybridized carbons (Fsp3) is 0.687. The predicted molar refractivity (Wildman–Crippen MR) is 369 cm³/mol. The Hall–Kier alpha value is -9.01. The number of phenols is 1. The van der Waals surface area contributed by atoms with E-state index in [0.717, 1.165) is 0 Å². The van der Waals surface area contributed by atoms with Gasteiger partial charge in [0.25, 0.3) is 0 Å². The number of likely N-dealkylation sites (tertiary alicyclic amines) is 1. The van der Waals surface area contributed by atoms with Crippen LogP contribution in [0, 0.1) is 35.5 Å². The maximum atomic E-state index is 14.6. The summed E-state index contributed by atoms with van der Waals surface area (Å²) in [7, 11) is 0. The van der Waals surface area contributed by atoms with E-state index >= 15 is 0 Å². The fourth-order valence-electron chi connectivity index (χ4n) is 10.4. The largest absolute Gasteiger partial charge is 0.508 e. The van der Waals surface area contributed by atoms with Gasteiger partial charge in [-0.1, -0.05) is 108 Å². The summed E-state index contributed by atoms with van der Waals surface area (Å²) in [5.74, 6) is -14.5. The molecule has 1 aliphatic rings. The first-order valence-corrected chi connectivity index (χ1v) is 34.4. The van der Waals surface area contributed by atoms with Gasteiger partial charge in [-0.25, -0.2) is 0 Å². The molecule has 0 bridgehead atoms. The molecule has 33 nitrogen and oxygen atoms in total. The molecule has 0 unspecified atom stereocenters. The van der Waals surface area contributed by atoms with Crippen molar-refractivity contribution in [2.45, 2.75) is 228 Å². The van der Waals surface area contributed by atoms with Gasteiger partial charge in [0.2, 0.25) is 82.7 Å². The number of carboxylic acid groups (broad SMARTS) is 1. The standard InChI is InChI=1S/C67H112N16O17/c1-16-37(11)50(69)60(92)79-51(33(3)4)61(93)72-30-47(85)70-31-48(86)76-45(29-42-23-25-43(84)26-24-42)58(90)82-55(38(12)17-2)65(97)77-44(21-18-19-27-68)66(98)83-28-20-22-46(83)59(91)71-32-49(87)78-52(34(5)6)63(95)81-54(36(9)10)64(96)80-53(35(7)8)62(94)74-40(14)56(88)73-39(13)57(89)75-41(15)67(99)100/h23-26,33-41,44-46,50-55,84H,16-22,27-32,68-69H2,1-15H3,(H,70,85)(H,71,91)(H,72,93)(H,73,88)(H,74,94)(H,75,89)(H,76,86)(H,77,97)(H,78,87)(H,79,92)(H,80,96)(H,81,95)(H,82,90)(H,99,100)/t37-,38-,39-,40-,41-,44-,45-,46-,50-,51-,52-,53-,54-,55-/m0/s1. The molecule has 33 heteroatoms. The molecular formula is C67H112N16O17. The second kappa shape index (κ2) is 42.8. The van der Waals surface area contributed by atoms with Crippen molar-refractivity contribution in [3.05, 3.63) is 29.8 Å². The van der Waals surface area contributed by atoms with Gasteiger partial charge in [0, 0.05) is 13.0 Å². The van der Waals surface area contributed by atoms with Gasteiger partial charge in [0.1, 0.15) is 72.2 Å². The quantitative estimate of drug-likeness (QED) is 0.0299. The minimum Gasteiger partial charge on any atom is -0.508 e. The lowest BCUT2D eigenvalue weighted by molar-refractivity contribution is -0.142. The lowest BCUT2D eigenvalue weighted by atomic mass is 9.96. The molecule has 19 N–H and O–H groups in total. The van der Waals surface area contributed by atoms with E-state index in [1.165, 1.54) is 49.9 Å². The average molecular weight is 1410 g/mol. The van der Waals surface area contributed by atoms with Crippen LogP contribution >= 0.6 is 0 Å². The second-order valence-corrected chi connectivity index (χ2v) is 27.0. The summed E-state index contributed by atoms with van der Waals surface area (Å²) in [5.41, 5.74) is 12.4. The van der Waals surface area contributed by atoms with E-state index in [4.69, 9.17) is 16.6 Å². The second-order valence-electron chi connectivity index (χ2n) is 27.0. The van der Waals surface area contributed by atoms with Gasteiger partial charge >= 0.3 is 5.97 Å². The molecule has 1 saturated heterocycles. The number of benzene rings is 1. The molecular weight excluding hydrogens is 1300 g/mol. The van der Waals surface area contributed by atoms with Crippen LogP contribution in [-0.2, 0) is 78.3 Å². The van der Waals surface area contributed by atoms with E-state index in [1.807, 2.05) is 6.92 Å². The number of nitrogens with one attached hydrogen (secondary N) is 13. The SMILES string of the molecule is CC[C@H](C)[C@H](N)C(=O)N[C@H](C(=O)NCC(=O)NCC(=O)N[C@@H](Cc1ccc(O)cc1)C(=O)N[C@H](C(=O)N[C@@H](CCCCN)C(=O)N1CCC[C@H]1C(=O)NCC(=O)N[C@H](C(=O)N[C@H](C(=O)N[C@H](C(=O)N[C@@H](C)C(=O)N[C@@H](C)C(=O)N[C@@H](C)C(=O)O)C(C)C)C(C)C)C(C)C)[C@@H](C)CC)C(C)C. The minimum absolute atomic E-state index is 0.0706. The van der Waals surface area contributed by atoms with Gasteiger partial charge in [0.15, 0.2) is 0 Å². The maximum Gasteiger partial charge on any atom is 0.325 e. The van der Waals surface area contributed by atoms with Crippen LogP contribution in [0.3, 0.4) is 0 Å². The number of amides is 14. The van der Waals surface area contributed by atoms with Crippen LogP contribution in [0.1, 0.15) is 154 Å².